The number of hydrogen-bond donors (Lipinski definition) is 1. The molecule has 0 aliphatic heterocycles. The molecule has 0 fully saturated rings. The maximum Gasteiger partial charge on any atom is 0.253 e. The highest BCUT2D eigenvalue weighted by atomic mass is 35.5. The molecule has 0 saturated carbocycles. The molecule has 146 valence electrons. The van der Waals surface area contributed by atoms with Crippen LogP contribution in [0.5, 0.6) is 0 Å². The van der Waals surface area contributed by atoms with Gasteiger partial charge in [0.2, 0.25) is 0 Å². The zero-order valence-electron chi connectivity index (χ0n) is 16.7. The van der Waals surface area contributed by atoms with Crippen LogP contribution in [0, 0.1) is 0 Å². The first kappa shape index (κ1) is 20.2. The topological polar surface area (TPSA) is 53.2 Å². The van der Waals surface area contributed by atoms with Gasteiger partial charge in [0.05, 0.1) is 0 Å². The molecular weight excluding hydrogens is 372 g/mol. The molecule has 0 radical (unpaired) electrons. The third-order valence-electron chi connectivity index (χ3n) is 4.90. The summed E-state index contributed by atoms with van der Waals surface area (Å²) < 4.78 is 0. The molecular formula is C23H25ClN2O2. The van der Waals surface area contributed by atoms with Crippen molar-refractivity contribution < 1.29 is 9.59 Å². The van der Waals surface area contributed by atoms with Crippen molar-refractivity contribution in [1.82, 2.24) is 9.88 Å². The van der Waals surface area contributed by atoms with Crippen LogP contribution < -0.4 is 0 Å². The van der Waals surface area contributed by atoms with Crippen LogP contribution in [0.25, 0.3) is 10.9 Å². The number of nitrogens with zero attached hydrogens (tertiary/aromatic N) is 1. The van der Waals surface area contributed by atoms with Gasteiger partial charge in [-0.15, -0.1) is 0 Å². The minimum absolute atomic E-state index is 0.0294. The third-order valence-corrected chi connectivity index (χ3v) is 5.27. The van der Waals surface area contributed by atoms with Gasteiger partial charge in [0.15, 0.2) is 5.78 Å². The van der Waals surface area contributed by atoms with Gasteiger partial charge in [0, 0.05) is 46.8 Å². The molecule has 28 heavy (non-hydrogen) atoms. The van der Waals surface area contributed by atoms with E-state index in [0.717, 1.165) is 46.1 Å². The molecule has 5 heteroatoms. The number of benzene rings is 2. The van der Waals surface area contributed by atoms with Crippen molar-refractivity contribution in [1.29, 1.82) is 0 Å². The Morgan fingerprint density at radius 3 is 2.43 bits per heavy atom. The van der Waals surface area contributed by atoms with Crippen molar-refractivity contribution in [3.8, 4) is 0 Å². The minimum atomic E-state index is -0.0710. The van der Waals surface area contributed by atoms with E-state index >= 15 is 0 Å². The standard InChI is InChI=1S/C23H25ClN2O2/c1-5-8-19-21(14(2)27)22-16(11-15-9-6-7-10-18(15)24)12-17(13-20(22)25-19)23(28)26(3)4/h6-7,9-10,12-13,25H,5,8,11H2,1-4H3. The van der Waals surface area contributed by atoms with Gasteiger partial charge in [0.1, 0.15) is 0 Å². The van der Waals surface area contributed by atoms with E-state index in [4.69, 9.17) is 11.6 Å². The molecule has 2 aromatic carbocycles. The lowest BCUT2D eigenvalue weighted by molar-refractivity contribution is 0.0827. The second-order valence-corrected chi connectivity index (χ2v) is 7.72. The van der Waals surface area contributed by atoms with E-state index in [9.17, 15) is 9.59 Å². The molecule has 1 N–H and O–H groups in total. The van der Waals surface area contributed by atoms with E-state index in [1.165, 1.54) is 0 Å². The quantitative estimate of drug-likeness (QED) is 0.577. The summed E-state index contributed by atoms with van der Waals surface area (Å²) in [5.74, 6) is -0.0416. The molecule has 1 aromatic heterocycles. The molecule has 0 bridgehead atoms. The first-order valence-corrected chi connectivity index (χ1v) is 9.84. The molecule has 0 aliphatic rings. The Kier molecular flexibility index (Phi) is 5.90. The minimum Gasteiger partial charge on any atom is -0.358 e. The maximum absolute atomic E-state index is 12.6. The van der Waals surface area contributed by atoms with Crippen molar-refractivity contribution in [2.45, 2.75) is 33.1 Å². The highest BCUT2D eigenvalue weighted by Gasteiger charge is 2.21. The highest BCUT2D eigenvalue weighted by Crippen LogP contribution is 2.32. The molecule has 3 rings (SSSR count). The van der Waals surface area contributed by atoms with Crippen molar-refractivity contribution in [3.63, 3.8) is 0 Å². The van der Waals surface area contributed by atoms with Gasteiger partial charge in [-0.3, -0.25) is 9.59 Å². The number of fused-ring (bicyclic) bond motifs is 1. The number of ketones is 1. The second-order valence-electron chi connectivity index (χ2n) is 7.31. The van der Waals surface area contributed by atoms with Crippen molar-refractivity contribution in [2.24, 2.45) is 0 Å². The summed E-state index contributed by atoms with van der Waals surface area (Å²) in [7, 11) is 3.47. The molecule has 1 amide bonds. The summed E-state index contributed by atoms with van der Waals surface area (Å²) >= 11 is 6.39. The van der Waals surface area contributed by atoms with Gasteiger partial charge in [0.25, 0.3) is 5.91 Å². The van der Waals surface area contributed by atoms with Crippen LogP contribution in [0.15, 0.2) is 36.4 Å². The Labute approximate surface area is 170 Å². The van der Waals surface area contributed by atoms with E-state index in [1.807, 2.05) is 36.4 Å². The number of aromatic nitrogens is 1. The lowest BCUT2D eigenvalue weighted by Crippen LogP contribution is -2.21. The fraction of sp³-hybridized carbons (Fsp3) is 0.304. The number of H-pyrrole nitrogens is 1. The number of carbonyl (C=O) groups is 2. The van der Waals surface area contributed by atoms with Crippen LogP contribution in [-0.4, -0.2) is 35.7 Å². The number of halogens is 1. The monoisotopic (exact) mass is 396 g/mol. The smallest absolute Gasteiger partial charge is 0.253 e. The molecule has 0 spiro atoms. The fourth-order valence-electron chi connectivity index (χ4n) is 3.67. The van der Waals surface area contributed by atoms with E-state index in [-0.39, 0.29) is 11.7 Å². The van der Waals surface area contributed by atoms with Gasteiger partial charge in [-0.2, -0.15) is 0 Å². The van der Waals surface area contributed by atoms with Crippen LogP contribution >= 0.6 is 11.6 Å². The fourth-order valence-corrected chi connectivity index (χ4v) is 3.87. The van der Waals surface area contributed by atoms with E-state index < -0.39 is 0 Å². The molecule has 0 atom stereocenters. The number of Topliss-reactive ketones (excluding diaryl/α,β-unsaturated/α-hetero) is 1. The van der Waals surface area contributed by atoms with Gasteiger partial charge >= 0.3 is 0 Å². The summed E-state index contributed by atoms with van der Waals surface area (Å²) in [6, 6.07) is 11.4. The van der Waals surface area contributed by atoms with Gasteiger partial charge in [-0.25, -0.2) is 0 Å². The average molecular weight is 397 g/mol. The molecule has 0 aliphatic carbocycles. The predicted molar refractivity (Wildman–Crippen MR) is 115 cm³/mol. The third kappa shape index (κ3) is 3.83. The van der Waals surface area contributed by atoms with E-state index in [2.05, 4.69) is 11.9 Å². The van der Waals surface area contributed by atoms with Crippen molar-refractivity contribution in [3.05, 3.63) is 69.4 Å². The lowest BCUT2D eigenvalue weighted by Gasteiger charge is -2.13. The molecule has 3 aromatic rings. The van der Waals surface area contributed by atoms with Gasteiger partial charge in [-0.05, 0) is 49.1 Å². The van der Waals surface area contributed by atoms with Crippen molar-refractivity contribution >= 4 is 34.2 Å². The maximum atomic E-state index is 12.6. The molecule has 1 heterocycles. The first-order chi connectivity index (χ1) is 13.3. The number of carbonyl (C=O) groups excluding carboxylic acids is 2. The number of rotatable bonds is 6. The number of aromatic amines is 1. The zero-order chi connectivity index (χ0) is 20.4. The first-order valence-electron chi connectivity index (χ1n) is 9.47. The Balaban J connectivity index is 2.29. The van der Waals surface area contributed by atoms with Crippen LogP contribution in [0.1, 0.15) is 57.8 Å². The normalized spacial score (nSPS) is 11.0. The molecule has 4 nitrogen and oxygen atoms in total. The highest BCUT2D eigenvalue weighted by molar-refractivity contribution is 6.31. The summed E-state index contributed by atoms with van der Waals surface area (Å²) in [6.45, 7) is 3.68. The number of hydrogen-bond acceptors (Lipinski definition) is 2. The van der Waals surface area contributed by atoms with E-state index in [1.54, 1.807) is 25.9 Å². The van der Waals surface area contributed by atoms with Gasteiger partial charge in [-0.1, -0.05) is 43.1 Å². The van der Waals surface area contributed by atoms with Crippen LogP contribution in [0.4, 0.5) is 0 Å². The average Bonchev–Trinajstić information content (AvgIpc) is 3.01. The Hall–Kier alpha value is -2.59. The summed E-state index contributed by atoms with van der Waals surface area (Å²) in [5.41, 5.74) is 4.97. The number of amides is 1. The zero-order valence-corrected chi connectivity index (χ0v) is 17.5. The largest absolute Gasteiger partial charge is 0.358 e. The summed E-state index contributed by atoms with van der Waals surface area (Å²) in [6.07, 6.45) is 2.26. The van der Waals surface area contributed by atoms with Crippen molar-refractivity contribution in [2.75, 3.05) is 14.1 Å². The molecule has 0 saturated heterocycles. The van der Waals surface area contributed by atoms with E-state index in [0.29, 0.717) is 17.0 Å². The Bertz CT molecular complexity index is 1050. The Morgan fingerprint density at radius 2 is 1.82 bits per heavy atom. The van der Waals surface area contributed by atoms with Gasteiger partial charge < -0.3 is 9.88 Å². The summed E-state index contributed by atoms with van der Waals surface area (Å²) in [4.78, 5) is 30.1. The predicted octanol–water partition coefficient (Wildman–Crippen LogP) is 5.27. The number of aryl methyl sites for hydroxylation is 1. The Morgan fingerprint density at radius 1 is 1.11 bits per heavy atom. The molecule has 0 unspecified atom stereocenters. The van der Waals surface area contributed by atoms with Crippen LogP contribution in [-0.2, 0) is 12.8 Å². The van der Waals surface area contributed by atoms with Crippen LogP contribution in [0.3, 0.4) is 0 Å². The lowest BCUT2D eigenvalue weighted by atomic mass is 9.94. The summed E-state index contributed by atoms with van der Waals surface area (Å²) in [5, 5.41) is 1.57. The second kappa shape index (κ2) is 8.19. The van der Waals surface area contributed by atoms with Crippen LogP contribution in [0.2, 0.25) is 5.02 Å². The SMILES string of the molecule is CCCc1[nH]c2cc(C(=O)N(C)C)cc(Cc3ccccc3Cl)c2c1C(C)=O. The number of nitrogens with one attached hydrogen (secondary N) is 1.